The number of carbonyl (C=O) groups is 1. The van der Waals surface area contributed by atoms with Gasteiger partial charge in [-0.25, -0.2) is 13.2 Å². The Kier molecular flexibility index (Phi) is 4.41. The largest absolute Gasteiger partial charge is 0.449 e. The lowest BCUT2D eigenvalue weighted by atomic mass is 10.0. The quantitative estimate of drug-likeness (QED) is 0.791. The van der Waals surface area contributed by atoms with Gasteiger partial charge in [-0.05, 0) is 31.1 Å². The van der Waals surface area contributed by atoms with E-state index in [1.807, 2.05) is 13.0 Å². The van der Waals surface area contributed by atoms with Gasteiger partial charge in [0.15, 0.2) is 0 Å². The monoisotopic (exact) mass is 337 g/mol. The fourth-order valence-electron chi connectivity index (χ4n) is 2.80. The molecule has 0 saturated carbocycles. The predicted octanol–water partition coefficient (Wildman–Crippen LogP) is 2.24. The molecule has 3 rings (SSSR count). The summed E-state index contributed by atoms with van der Waals surface area (Å²) < 4.78 is 37.1. The van der Waals surface area contributed by atoms with E-state index in [0.717, 1.165) is 21.9 Å². The first-order valence-electron chi connectivity index (χ1n) is 7.54. The Hall–Kier alpha value is -1.86. The van der Waals surface area contributed by atoms with Crippen LogP contribution in [0.5, 0.6) is 0 Å². The van der Waals surface area contributed by atoms with Crippen molar-refractivity contribution in [2.24, 2.45) is 0 Å². The van der Waals surface area contributed by atoms with Crippen LogP contribution in [-0.2, 0) is 19.5 Å². The van der Waals surface area contributed by atoms with Crippen LogP contribution in [0.1, 0.15) is 18.4 Å². The first kappa shape index (κ1) is 16.0. The Balaban J connectivity index is 1.99. The smallest absolute Gasteiger partial charge is 0.424 e. The molecule has 0 aliphatic carbocycles. The zero-order chi connectivity index (χ0) is 16.4. The van der Waals surface area contributed by atoms with Crippen molar-refractivity contribution in [3.63, 3.8) is 0 Å². The van der Waals surface area contributed by atoms with Gasteiger partial charge in [0.05, 0.1) is 30.8 Å². The van der Waals surface area contributed by atoms with Gasteiger partial charge in [-0.15, -0.1) is 0 Å². The third-order valence-corrected chi connectivity index (χ3v) is 5.81. The molecular weight excluding hydrogens is 318 g/mol. The topological polar surface area (TPSA) is 72.9 Å². The SMILES string of the molecule is Cc1ccc(S(=O)(=O)N2C(=O)OCCC2C2=CCCOC2)cc1. The fourth-order valence-corrected chi connectivity index (χ4v) is 4.33. The highest BCUT2D eigenvalue weighted by Gasteiger charge is 2.41. The average molecular weight is 337 g/mol. The second-order valence-electron chi connectivity index (χ2n) is 5.65. The fraction of sp³-hybridized carbons (Fsp3) is 0.438. The van der Waals surface area contributed by atoms with Gasteiger partial charge in [0.2, 0.25) is 0 Å². The molecular formula is C16H19NO5S. The molecule has 1 saturated heterocycles. The zero-order valence-corrected chi connectivity index (χ0v) is 13.7. The number of nitrogens with zero attached hydrogens (tertiary/aromatic N) is 1. The second kappa shape index (κ2) is 6.33. The molecule has 124 valence electrons. The Morgan fingerprint density at radius 1 is 1.17 bits per heavy atom. The highest BCUT2D eigenvalue weighted by Crippen LogP contribution is 2.29. The van der Waals surface area contributed by atoms with Crippen LogP contribution in [0, 0.1) is 6.92 Å². The summed E-state index contributed by atoms with van der Waals surface area (Å²) in [5.74, 6) is 0. The van der Waals surface area contributed by atoms with Crippen molar-refractivity contribution in [1.82, 2.24) is 4.31 Å². The van der Waals surface area contributed by atoms with Gasteiger partial charge in [0.25, 0.3) is 10.0 Å². The highest BCUT2D eigenvalue weighted by molar-refractivity contribution is 7.89. The van der Waals surface area contributed by atoms with E-state index in [-0.39, 0.29) is 11.5 Å². The number of carbonyl (C=O) groups excluding carboxylic acids is 1. The van der Waals surface area contributed by atoms with E-state index in [4.69, 9.17) is 9.47 Å². The van der Waals surface area contributed by atoms with E-state index in [1.54, 1.807) is 12.1 Å². The number of rotatable bonds is 3. The van der Waals surface area contributed by atoms with Crippen LogP contribution in [0.25, 0.3) is 0 Å². The molecule has 1 unspecified atom stereocenters. The third-order valence-electron chi connectivity index (χ3n) is 4.02. The molecule has 0 spiro atoms. The van der Waals surface area contributed by atoms with E-state index in [2.05, 4.69) is 0 Å². The maximum Gasteiger partial charge on any atom is 0.424 e. The summed E-state index contributed by atoms with van der Waals surface area (Å²) in [6.45, 7) is 3.04. The summed E-state index contributed by atoms with van der Waals surface area (Å²) in [6.07, 6.45) is 2.30. The molecule has 2 heterocycles. The lowest BCUT2D eigenvalue weighted by Crippen LogP contribution is -2.50. The van der Waals surface area contributed by atoms with Crippen LogP contribution in [-0.4, -0.2) is 44.7 Å². The van der Waals surface area contributed by atoms with Crippen LogP contribution in [0.3, 0.4) is 0 Å². The summed E-state index contributed by atoms with van der Waals surface area (Å²) in [5, 5.41) is 0. The van der Waals surface area contributed by atoms with Crippen molar-refractivity contribution in [1.29, 1.82) is 0 Å². The van der Waals surface area contributed by atoms with E-state index in [0.29, 0.717) is 19.6 Å². The number of sulfonamides is 1. The first-order chi connectivity index (χ1) is 11.0. The van der Waals surface area contributed by atoms with Gasteiger partial charge in [0, 0.05) is 6.42 Å². The number of ether oxygens (including phenoxy) is 2. The maximum atomic E-state index is 12.9. The Morgan fingerprint density at radius 2 is 1.91 bits per heavy atom. The second-order valence-corrected chi connectivity index (χ2v) is 7.47. The first-order valence-corrected chi connectivity index (χ1v) is 8.98. The number of cyclic esters (lactones) is 1. The van der Waals surface area contributed by atoms with Gasteiger partial charge in [0.1, 0.15) is 0 Å². The van der Waals surface area contributed by atoms with Crippen molar-refractivity contribution in [3.8, 4) is 0 Å². The van der Waals surface area contributed by atoms with E-state index in [1.165, 1.54) is 12.1 Å². The minimum absolute atomic E-state index is 0.0873. The van der Waals surface area contributed by atoms with Crippen molar-refractivity contribution in [3.05, 3.63) is 41.5 Å². The van der Waals surface area contributed by atoms with Gasteiger partial charge >= 0.3 is 6.09 Å². The van der Waals surface area contributed by atoms with Crippen LogP contribution in [0.2, 0.25) is 0 Å². The van der Waals surface area contributed by atoms with E-state index >= 15 is 0 Å². The molecule has 23 heavy (non-hydrogen) atoms. The molecule has 2 aliphatic rings. The number of aryl methyl sites for hydroxylation is 1. The van der Waals surface area contributed by atoms with Crippen LogP contribution in [0.4, 0.5) is 4.79 Å². The molecule has 0 bridgehead atoms. The van der Waals surface area contributed by atoms with E-state index in [9.17, 15) is 13.2 Å². The number of hydrogen-bond donors (Lipinski definition) is 0. The molecule has 2 aliphatic heterocycles. The van der Waals surface area contributed by atoms with Crippen molar-refractivity contribution in [2.45, 2.75) is 30.7 Å². The Labute approximate surface area is 135 Å². The van der Waals surface area contributed by atoms with Crippen molar-refractivity contribution in [2.75, 3.05) is 19.8 Å². The molecule has 1 aromatic carbocycles. The summed E-state index contributed by atoms with van der Waals surface area (Å²) in [7, 11) is -3.96. The van der Waals surface area contributed by atoms with Gasteiger partial charge < -0.3 is 9.47 Å². The summed E-state index contributed by atoms with van der Waals surface area (Å²) >= 11 is 0. The summed E-state index contributed by atoms with van der Waals surface area (Å²) in [4.78, 5) is 12.3. The molecule has 0 N–H and O–H groups in total. The molecule has 1 amide bonds. The van der Waals surface area contributed by atoms with Crippen molar-refractivity contribution < 1.29 is 22.7 Å². The van der Waals surface area contributed by atoms with Gasteiger partial charge in [-0.3, -0.25) is 0 Å². The highest BCUT2D eigenvalue weighted by atomic mass is 32.2. The molecule has 0 aromatic heterocycles. The standard InChI is InChI=1S/C16H19NO5S/c1-12-4-6-14(7-5-12)23(19,20)17-15(8-10-22-16(17)18)13-3-2-9-21-11-13/h3-7,15H,2,8-11H2,1H3. The zero-order valence-electron chi connectivity index (χ0n) is 12.9. The minimum Gasteiger partial charge on any atom is -0.449 e. The Bertz CT molecular complexity index is 723. The molecule has 0 radical (unpaired) electrons. The summed E-state index contributed by atoms with van der Waals surface area (Å²) in [6, 6.07) is 5.90. The third kappa shape index (κ3) is 3.11. The van der Waals surface area contributed by atoms with Gasteiger partial charge in [-0.1, -0.05) is 23.8 Å². The molecule has 1 atom stereocenters. The maximum absolute atomic E-state index is 12.9. The minimum atomic E-state index is -3.96. The number of hydrogen-bond acceptors (Lipinski definition) is 5. The number of benzene rings is 1. The lowest BCUT2D eigenvalue weighted by molar-refractivity contribution is 0.0770. The van der Waals surface area contributed by atoms with Crippen LogP contribution < -0.4 is 0 Å². The molecule has 6 nitrogen and oxygen atoms in total. The van der Waals surface area contributed by atoms with Gasteiger partial charge in [-0.2, -0.15) is 4.31 Å². The molecule has 1 aromatic rings. The Morgan fingerprint density at radius 3 is 2.57 bits per heavy atom. The summed E-state index contributed by atoms with van der Waals surface area (Å²) in [5.41, 5.74) is 1.77. The average Bonchev–Trinajstić information content (AvgIpc) is 2.55. The van der Waals surface area contributed by atoms with Crippen LogP contribution in [0.15, 0.2) is 40.8 Å². The normalized spacial score (nSPS) is 22.5. The van der Waals surface area contributed by atoms with E-state index < -0.39 is 22.2 Å². The van der Waals surface area contributed by atoms with Crippen LogP contribution >= 0.6 is 0 Å². The lowest BCUT2D eigenvalue weighted by Gasteiger charge is -2.36. The molecule has 1 fully saturated rings. The number of amides is 1. The predicted molar refractivity (Wildman–Crippen MR) is 83.5 cm³/mol. The van der Waals surface area contributed by atoms with Crippen molar-refractivity contribution >= 4 is 16.1 Å². The molecule has 7 heteroatoms.